The van der Waals surface area contributed by atoms with E-state index in [1.54, 1.807) is 6.07 Å². The molecule has 0 saturated carbocycles. The number of carbonyl (C=O) groups excluding carboxylic acids is 1. The topological polar surface area (TPSA) is 109 Å². The molecule has 0 atom stereocenters. The number of carbonyl (C=O) groups is 1. The van der Waals surface area contributed by atoms with Gasteiger partial charge in [0, 0.05) is 25.6 Å². The highest BCUT2D eigenvalue weighted by molar-refractivity contribution is 7.89. The molecule has 34 heavy (non-hydrogen) atoms. The van der Waals surface area contributed by atoms with E-state index in [0.29, 0.717) is 36.9 Å². The molecule has 0 unspecified atom stereocenters. The number of amides is 1. The summed E-state index contributed by atoms with van der Waals surface area (Å²) in [5, 5.41) is 11.7. The molecule has 0 aromatic heterocycles. The highest BCUT2D eigenvalue weighted by atomic mass is 32.2. The zero-order chi connectivity index (χ0) is 24.7. The minimum absolute atomic E-state index is 0.0721. The second-order valence-electron chi connectivity index (χ2n) is 7.72. The number of piperidine rings is 1. The molecule has 1 fully saturated rings. The number of rotatable bonds is 9. The van der Waals surface area contributed by atoms with Crippen LogP contribution in [0.1, 0.15) is 24.0 Å². The number of ether oxygens (including phenoxy) is 2. The summed E-state index contributed by atoms with van der Waals surface area (Å²) in [6.45, 7) is -2.25. The quantitative estimate of drug-likeness (QED) is 0.575. The van der Waals surface area contributed by atoms with Crippen LogP contribution in [0.4, 0.5) is 8.78 Å². The molecule has 2 aromatic rings. The number of hydrogen-bond acceptors (Lipinski definition) is 6. The van der Waals surface area contributed by atoms with E-state index in [1.165, 1.54) is 47.8 Å². The Bertz CT molecular complexity index is 1140. The molecule has 1 N–H and O–H groups in total. The lowest BCUT2D eigenvalue weighted by molar-refractivity contribution is -0.126. The van der Waals surface area contributed by atoms with Gasteiger partial charge in [-0.05, 0) is 61.2 Å². The van der Waals surface area contributed by atoms with E-state index in [0.717, 1.165) is 0 Å². The Kier molecular flexibility index (Phi) is 8.41. The van der Waals surface area contributed by atoms with Gasteiger partial charge < -0.3 is 14.8 Å². The van der Waals surface area contributed by atoms with Crippen molar-refractivity contribution in [2.24, 2.45) is 5.92 Å². The monoisotopic (exact) mass is 493 g/mol. The van der Waals surface area contributed by atoms with Crippen molar-refractivity contribution in [1.29, 1.82) is 5.26 Å². The summed E-state index contributed by atoms with van der Waals surface area (Å²) >= 11 is 0. The molecule has 182 valence electrons. The number of nitriles is 1. The van der Waals surface area contributed by atoms with E-state index in [9.17, 15) is 22.0 Å². The molecule has 0 bridgehead atoms. The Hall–Kier alpha value is -3.23. The van der Waals surface area contributed by atoms with Crippen LogP contribution >= 0.6 is 0 Å². The van der Waals surface area contributed by atoms with Crippen LogP contribution in [0.15, 0.2) is 47.4 Å². The second kappa shape index (κ2) is 11.3. The van der Waals surface area contributed by atoms with E-state index in [1.807, 2.05) is 6.07 Å². The van der Waals surface area contributed by atoms with Crippen LogP contribution in [0.5, 0.6) is 11.5 Å². The number of halogens is 2. The Balaban J connectivity index is 1.50. The van der Waals surface area contributed by atoms with Gasteiger partial charge in [-0.15, -0.1) is 0 Å². The standard InChI is InChI=1S/C23H25F2N3O5S/c1-32-20-7-4-16(14-21(20)33-23(24)25)8-11-27-22(29)18-9-12-28(13-10-18)34(30,31)19-5-2-17(15-26)3-6-19/h2-7,14,18,23H,8-13H2,1H3,(H,27,29). The van der Waals surface area contributed by atoms with Gasteiger partial charge in [-0.2, -0.15) is 18.3 Å². The van der Waals surface area contributed by atoms with Crippen molar-refractivity contribution in [3.8, 4) is 17.6 Å². The number of hydrogen-bond donors (Lipinski definition) is 1. The highest BCUT2D eigenvalue weighted by Crippen LogP contribution is 2.29. The molecule has 2 aromatic carbocycles. The van der Waals surface area contributed by atoms with Crippen molar-refractivity contribution in [2.45, 2.75) is 30.8 Å². The minimum Gasteiger partial charge on any atom is -0.493 e. The van der Waals surface area contributed by atoms with Crippen LogP contribution in [-0.4, -0.2) is 52.0 Å². The largest absolute Gasteiger partial charge is 0.493 e. The summed E-state index contributed by atoms with van der Waals surface area (Å²) in [5.74, 6) is -0.373. The Labute approximate surface area is 197 Å². The number of nitrogens with one attached hydrogen (secondary N) is 1. The molecule has 1 heterocycles. The van der Waals surface area contributed by atoms with E-state index < -0.39 is 16.6 Å². The molecule has 1 aliphatic heterocycles. The Morgan fingerprint density at radius 1 is 1.18 bits per heavy atom. The molecule has 0 spiro atoms. The van der Waals surface area contributed by atoms with Crippen LogP contribution in [0.25, 0.3) is 0 Å². The highest BCUT2D eigenvalue weighted by Gasteiger charge is 2.32. The maximum atomic E-state index is 12.8. The fourth-order valence-corrected chi connectivity index (χ4v) is 5.22. The summed E-state index contributed by atoms with van der Waals surface area (Å²) in [6.07, 6.45) is 1.17. The summed E-state index contributed by atoms with van der Waals surface area (Å²) in [6, 6.07) is 12.4. The lowest BCUT2D eigenvalue weighted by atomic mass is 9.97. The molecular formula is C23H25F2N3O5S. The van der Waals surface area contributed by atoms with Crippen molar-refractivity contribution >= 4 is 15.9 Å². The van der Waals surface area contributed by atoms with Crippen LogP contribution in [-0.2, 0) is 21.2 Å². The SMILES string of the molecule is COc1ccc(CCNC(=O)C2CCN(S(=O)(=O)c3ccc(C#N)cc3)CC2)cc1OC(F)F. The van der Waals surface area contributed by atoms with Gasteiger partial charge in [0.2, 0.25) is 15.9 Å². The summed E-state index contributed by atoms with van der Waals surface area (Å²) in [4.78, 5) is 12.7. The van der Waals surface area contributed by atoms with Crippen molar-refractivity contribution in [3.63, 3.8) is 0 Å². The van der Waals surface area contributed by atoms with Gasteiger partial charge >= 0.3 is 6.61 Å². The van der Waals surface area contributed by atoms with Crippen LogP contribution in [0, 0.1) is 17.2 Å². The normalized spacial score (nSPS) is 15.0. The van der Waals surface area contributed by atoms with Crippen molar-refractivity contribution in [2.75, 3.05) is 26.7 Å². The third-order valence-corrected chi connectivity index (χ3v) is 7.52. The third kappa shape index (κ3) is 6.21. The summed E-state index contributed by atoms with van der Waals surface area (Å²) < 4.78 is 61.6. The zero-order valence-corrected chi connectivity index (χ0v) is 19.4. The first-order valence-corrected chi connectivity index (χ1v) is 12.1. The fourth-order valence-electron chi connectivity index (χ4n) is 3.75. The van der Waals surface area contributed by atoms with Gasteiger partial charge in [0.1, 0.15) is 0 Å². The van der Waals surface area contributed by atoms with Crippen molar-refractivity contribution in [3.05, 3.63) is 53.6 Å². The summed E-state index contributed by atoms with van der Waals surface area (Å²) in [5.41, 5.74) is 1.07. The van der Waals surface area contributed by atoms with Crippen molar-refractivity contribution in [1.82, 2.24) is 9.62 Å². The number of sulfonamides is 1. The molecule has 8 nitrogen and oxygen atoms in total. The predicted molar refractivity (Wildman–Crippen MR) is 119 cm³/mol. The molecule has 0 radical (unpaired) electrons. The first kappa shape index (κ1) is 25.4. The van der Waals surface area contributed by atoms with E-state index in [2.05, 4.69) is 10.1 Å². The number of methoxy groups -OCH3 is 1. The molecule has 3 rings (SSSR count). The first-order chi connectivity index (χ1) is 16.2. The van der Waals surface area contributed by atoms with Crippen molar-refractivity contribution < 1.29 is 31.5 Å². The average molecular weight is 494 g/mol. The molecule has 1 saturated heterocycles. The third-order valence-electron chi connectivity index (χ3n) is 5.60. The van der Waals surface area contributed by atoms with E-state index >= 15 is 0 Å². The maximum absolute atomic E-state index is 12.8. The number of benzene rings is 2. The van der Waals surface area contributed by atoms with Gasteiger partial charge in [-0.25, -0.2) is 8.42 Å². The minimum atomic E-state index is -3.69. The van der Waals surface area contributed by atoms with Gasteiger partial charge in [0.25, 0.3) is 0 Å². The van der Waals surface area contributed by atoms with Gasteiger partial charge in [0.15, 0.2) is 11.5 Å². The molecule has 11 heteroatoms. The molecular weight excluding hydrogens is 468 g/mol. The second-order valence-corrected chi connectivity index (χ2v) is 9.66. The molecule has 1 aliphatic rings. The predicted octanol–water partition coefficient (Wildman–Crippen LogP) is 2.93. The smallest absolute Gasteiger partial charge is 0.387 e. The number of nitrogens with zero attached hydrogens (tertiary/aromatic N) is 2. The van der Waals surface area contributed by atoms with Gasteiger partial charge in [0.05, 0.1) is 23.6 Å². The number of alkyl halides is 2. The van der Waals surface area contributed by atoms with E-state index in [4.69, 9.17) is 10.00 Å². The molecule has 1 amide bonds. The van der Waals surface area contributed by atoms with Crippen LogP contribution in [0.2, 0.25) is 0 Å². The van der Waals surface area contributed by atoms with E-state index in [-0.39, 0.29) is 41.3 Å². The fraction of sp³-hybridized carbons (Fsp3) is 0.391. The van der Waals surface area contributed by atoms with Gasteiger partial charge in [-0.1, -0.05) is 6.07 Å². The Morgan fingerprint density at radius 2 is 1.85 bits per heavy atom. The van der Waals surface area contributed by atoms with Crippen LogP contribution < -0.4 is 14.8 Å². The summed E-state index contributed by atoms with van der Waals surface area (Å²) in [7, 11) is -2.34. The maximum Gasteiger partial charge on any atom is 0.387 e. The van der Waals surface area contributed by atoms with Gasteiger partial charge in [-0.3, -0.25) is 4.79 Å². The molecule has 0 aliphatic carbocycles. The van der Waals surface area contributed by atoms with Crippen LogP contribution in [0.3, 0.4) is 0 Å². The first-order valence-electron chi connectivity index (χ1n) is 10.6. The Morgan fingerprint density at radius 3 is 2.44 bits per heavy atom. The average Bonchev–Trinajstić information content (AvgIpc) is 2.84. The lowest BCUT2D eigenvalue weighted by Gasteiger charge is -2.30. The lowest BCUT2D eigenvalue weighted by Crippen LogP contribution is -2.43. The zero-order valence-electron chi connectivity index (χ0n) is 18.5.